The van der Waals surface area contributed by atoms with Gasteiger partial charge in [-0.3, -0.25) is 29.8 Å². The van der Waals surface area contributed by atoms with Crippen LogP contribution in [0.4, 0.5) is 0 Å². The summed E-state index contributed by atoms with van der Waals surface area (Å²) in [5, 5.41) is 11.6. The molecule has 12 heteroatoms. The standard InChI is InChI=1S/C33H54N6O5Si/c1-21-15-26(37-27-18-38(14-11-25(21)27)20-33(12-13-33)31(41)43-8)30(40)36-23(3)22(2)35-28(29(34)42-7)19-39-16-24(17-39)44-45(9,10)32(4,5)6/h15,22-24,34H,11-14,16-20H2,1-10H3,(H,36,40)/t22?,23-/m1/s1. The fraction of sp³-hybridized carbons (Fsp3) is 0.727. The minimum Gasteiger partial charge on any atom is -0.480 e. The van der Waals surface area contributed by atoms with Gasteiger partial charge in [0.2, 0.25) is 5.90 Å². The smallest absolute Gasteiger partial charge is 0.313 e. The molecule has 0 bridgehead atoms. The van der Waals surface area contributed by atoms with Gasteiger partial charge in [-0.1, -0.05) is 20.8 Å². The van der Waals surface area contributed by atoms with Gasteiger partial charge in [0, 0.05) is 45.3 Å². The third-order valence-corrected chi connectivity index (χ3v) is 14.7. The number of hydrogen-bond acceptors (Lipinski definition) is 10. The van der Waals surface area contributed by atoms with Crippen LogP contribution in [-0.4, -0.2) is 112 Å². The van der Waals surface area contributed by atoms with Crippen LogP contribution in [0.3, 0.4) is 0 Å². The highest BCUT2D eigenvalue weighted by Gasteiger charge is 2.52. The first kappa shape index (κ1) is 35.2. The third kappa shape index (κ3) is 8.19. The van der Waals surface area contributed by atoms with Crippen LogP contribution in [0.15, 0.2) is 11.1 Å². The SMILES string of the molecule is COC(=N)C(CN1CC(O[Si](C)(C)C(C)(C)C)C1)=NC(C)[C@@H](C)NC(=O)c1cc(C)c2c(n1)CN(CC1(C(=O)OC)CC1)CC2. The molecule has 3 heterocycles. The molecule has 1 aromatic rings. The fourth-order valence-corrected chi connectivity index (χ4v) is 7.19. The Morgan fingerprint density at radius 1 is 1.18 bits per heavy atom. The van der Waals surface area contributed by atoms with Gasteiger partial charge in [-0.25, -0.2) is 4.98 Å². The molecular weight excluding hydrogens is 588 g/mol. The molecule has 0 radical (unpaired) electrons. The zero-order valence-corrected chi connectivity index (χ0v) is 30.0. The van der Waals surface area contributed by atoms with Crippen molar-refractivity contribution in [2.45, 2.75) is 104 Å². The Morgan fingerprint density at radius 3 is 2.42 bits per heavy atom. The Hall–Kier alpha value is -2.67. The van der Waals surface area contributed by atoms with E-state index in [1.54, 1.807) is 0 Å². The van der Waals surface area contributed by atoms with Gasteiger partial charge >= 0.3 is 5.97 Å². The first-order chi connectivity index (χ1) is 21.0. The Bertz CT molecular complexity index is 1320. The number of rotatable bonds is 12. The van der Waals surface area contributed by atoms with E-state index in [0.29, 0.717) is 31.0 Å². The minimum absolute atomic E-state index is 0.0332. The number of nitrogens with zero attached hydrogens (tertiary/aromatic N) is 4. The molecule has 3 aliphatic rings. The van der Waals surface area contributed by atoms with E-state index < -0.39 is 13.7 Å². The number of amides is 1. The van der Waals surface area contributed by atoms with Gasteiger partial charge < -0.3 is 19.2 Å². The number of aliphatic imine (C=N–C) groups is 1. The van der Waals surface area contributed by atoms with E-state index in [4.69, 9.17) is 29.3 Å². The van der Waals surface area contributed by atoms with E-state index in [1.807, 2.05) is 26.8 Å². The molecule has 4 rings (SSSR count). The fourth-order valence-electron chi connectivity index (χ4n) is 5.85. The van der Waals surface area contributed by atoms with Crippen LogP contribution >= 0.6 is 0 Å². The summed E-state index contributed by atoms with van der Waals surface area (Å²) in [7, 11) is 1.10. The van der Waals surface area contributed by atoms with Gasteiger partial charge in [-0.2, -0.15) is 0 Å². The van der Waals surface area contributed by atoms with E-state index >= 15 is 0 Å². The number of methoxy groups -OCH3 is 2. The van der Waals surface area contributed by atoms with Crippen molar-refractivity contribution in [1.29, 1.82) is 5.41 Å². The molecule has 2 atom stereocenters. The molecular formula is C33H54N6O5Si. The van der Waals surface area contributed by atoms with Crippen LogP contribution in [0, 0.1) is 17.7 Å². The van der Waals surface area contributed by atoms with E-state index in [0.717, 1.165) is 50.2 Å². The Balaban J connectivity index is 1.36. The van der Waals surface area contributed by atoms with Crippen LogP contribution in [0.25, 0.3) is 0 Å². The molecule has 45 heavy (non-hydrogen) atoms. The van der Waals surface area contributed by atoms with Crippen molar-refractivity contribution in [2.75, 3.05) is 46.9 Å². The highest BCUT2D eigenvalue weighted by Crippen LogP contribution is 2.47. The first-order valence-electron chi connectivity index (χ1n) is 16.2. The van der Waals surface area contributed by atoms with Crippen LogP contribution in [0.1, 0.15) is 74.8 Å². The molecule has 2 aliphatic heterocycles. The lowest BCUT2D eigenvalue weighted by Gasteiger charge is -2.46. The zero-order valence-electron chi connectivity index (χ0n) is 29.0. The molecule has 1 saturated carbocycles. The molecule has 0 spiro atoms. The summed E-state index contributed by atoms with van der Waals surface area (Å²) in [5.41, 5.74) is 3.67. The normalized spacial score (nSPS) is 20.4. The Kier molecular flexibility index (Phi) is 10.6. The topological polar surface area (TPSA) is 129 Å². The highest BCUT2D eigenvalue weighted by molar-refractivity contribution is 6.74. The summed E-state index contributed by atoms with van der Waals surface area (Å²) in [6, 6.07) is 1.27. The number of aromatic nitrogens is 1. The van der Waals surface area contributed by atoms with Gasteiger partial charge in [0.25, 0.3) is 5.91 Å². The lowest BCUT2D eigenvalue weighted by molar-refractivity contribution is -0.148. The number of aryl methyl sites for hydroxylation is 1. The van der Waals surface area contributed by atoms with Crippen LogP contribution in [-0.2, 0) is 31.7 Å². The molecule has 1 aromatic heterocycles. The average molecular weight is 643 g/mol. The predicted octanol–water partition coefficient (Wildman–Crippen LogP) is 3.98. The second-order valence-electron chi connectivity index (χ2n) is 14.8. The van der Waals surface area contributed by atoms with Gasteiger partial charge in [0.15, 0.2) is 8.32 Å². The maximum Gasteiger partial charge on any atom is 0.313 e. The molecule has 0 aromatic carbocycles. The first-order valence-corrected chi connectivity index (χ1v) is 19.1. The number of nitrogens with one attached hydrogen (secondary N) is 2. The summed E-state index contributed by atoms with van der Waals surface area (Å²) in [6.07, 6.45) is 2.74. The molecule has 250 valence electrons. The molecule has 1 aliphatic carbocycles. The molecule has 1 amide bonds. The van der Waals surface area contributed by atoms with Crippen molar-refractivity contribution >= 4 is 31.8 Å². The number of ether oxygens (including phenoxy) is 2. The van der Waals surface area contributed by atoms with E-state index in [9.17, 15) is 9.59 Å². The largest absolute Gasteiger partial charge is 0.480 e. The molecule has 11 nitrogen and oxygen atoms in total. The number of likely N-dealkylation sites (tertiary alicyclic amines) is 1. The number of fused-ring (bicyclic) bond motifs is 1. The lowest BCUT2D eigenvalue weighted by Crippen LogP contribution is -2.59. The quantitative estimate of drug-likeness (QED) is 0.152. The van der Waals surface area contributed by atoms with Crippen molar-refractivity contribution in [1.82, 2.24) is 20.1 Å². The number of pyridine rings is 1. The van der Waals surface area contributed by atoms with Crippen molar-refractivity contribution in [2.24, 2.45) is 10.4 Å². The molecule has 2 N–H and O–H groups in total. The van der Waals surface area contributed by atoms with E-state index in [-0.39, 0.29) is 41.0 Å². The molecule has 2 fully saturated rings. The second-order valence-corrected chi connectivity index (χ2v) is 19.5. The number of hydrogen-bond donors (Lipinski definition) is 2. The number of esters is 1. The maximum absolute atomic E-state index is 13.4. The van der Waals surface area contributed by atoms with Crippen molar-refractivity contribution in [3.8, 4) is 0 Å². The monoisotopic (exact) mass is 642 g/mol. The van der Waals surface area contributed by atoms with Crippen LogP contribution in [0.5, 0.6) is 0 Å². The summed E-state index contributed by atoms with van der Waals surface area (Å²) in [6.45, 7) is 21.4. The van der Waals surface area contributed by atoms with Gasteiger partial charge in [-0.15, -0.1) is 0 Å². The van der Waals surface area contributed by atoms with Gasteiger partial charge in [0.05, 0.1) is 37.5 Å². The van der Waals surface area contributed by atoms with Crippen molar-refractivity contribution in [3.63, 3.8) is 0 Å². The summed E-state index contributed by atoms with van der Waals surface area (Å²) < 4.78 is 16.8. The maximum atomic E-state index is 13.4. The Labute approximate surface area is 270 Å². The summed E-state index contributed by atoms with van der Waals surface area (Å²) in [5.74, 6) is -0.353. The molecule has 1 unspecified atom stereocenters. The molecule has 1 saturated heterocycles. The number of carbonyl (C=O) groups excluding carboxylic acids is 2. The van der Waals surface area contributed by atoms with E-state index in [1.165, 1.54) is 19.8 Å². The van der Waals surface area contributed by atoms with Crippen molar-refractivity contribution in [3.05, 3.63) is 28.6 Å². The minimum atomic E-state index is -1.84. The highest BCUT2D eigenvalue weighted by atomic mass is 28.4. The van der Waals surface area contributed by atoms with Crippen LogP contribution < -0.4 is 5.32 Å². The second kappa shape index (κ2) is 13.6. The zero-order chi connectivity index (χ0) is 33.3. The third-order valence-electron chi connectivity index (χ3n) is 10.2. The van der Waals surface area contributed by atoms with E-state index in [2.05, 4.69) is 49.0 Å². The lowest BCUT2D eigenvalue weighted by atomic mass is 9.97. The average Bonchev–Trinajstić information content (AvgIpc) is 3.73. The van der Waals surface area contributed by atoms with Crippen molar-refractivity contribution < 1.29 is 23.5 Å². The summed E-state index contributed by atoms with van der Waals surface area (Å²) in [4.78, 5) is 39.8. The van der Waals surface area contributed by atoms with Gasteiger partial charge in [-0.05, 0) is 75.4 Å². The van der Waals surface area contributed by atoms with Crippen LogP contribution in [0.2, 0.25) is 18.1 Å². The van der Waals surface area contributed by atoms with Gasteiger partial charge in [0.1, 0.15) is 11.4 Å². The summed E-state index contributed by atoms with van der Waals surface area (Å²) >= 11 is 0. The predicted molar refractivity (Wildman–Crippen MR) is 179 cm³/mol. The Morgan fingerprint density at radius 2 is 1.84 bits per heavy atom. The number of carbonyl (C=O) groups is 2.